The Labute approximate surface area is 443 Å². The Bertz CT molecular complexity index is 3370. The molecule has 3 aliphatic carbocycles. The van der Waals surface area contributed by atoms with Gasteiger partial charge in [0.05, 0.1) is 5.41 Å². The number of alkyl halides is 2. The maximum Gasteiger partial charge on any atom is 0.143 e. The molecule has 0 N–H and O–H groups in total. The molecule has 0 fully saturated rings. The third kappa shape index (κ3) is 8.88. The molecule has 3 aliphatic rings. The van der Waals surface area contributed by atoms with Gasteiger partial charge in [0.2, 0.25) is 0 Å². The molecule has 0 saturated carbocycles. The minimum absolute atomic E-state index is 0.202. The highest BCUT2D eigenvalue weighted by molar-refractivity contribution is 6.34. The second-order valence-electron chi connectivity index (χ2n) is 18.5. The molecule has 0 bridgehead atoms. The summed E-state index contributed by atoms with van der Waals surface area (Å²) in [5.74, 6) is -0.202. The van der Waals surface area contributed by atoms with Crippen LogP contribution in [-0.4, -0.2) is 10.00 Å². The number of hydrogen-bond donors (Lipinski definition) is 0. The van der Waals surface area contributed by atoms with E-state index in [4.69, 9.17) is 46.4 Å². The molecule has 0 aromatic heterocycles. The summed E-state index contributed by atoms with van der Waals surface area (Å²) in [4.78, 5) is 2.52. The number of allylic oxidation sites excluding steroid dienone is 8. The van der Waals surface area contributed by atoms with E-state index in [1.165, 1.54) is 16.7 Å². The van der Waals surface area contributed by atoms with Crippen molar-refractivity contribution in [3.8, 4) is 0 Å². The molecule has 0 spiro atoms. The van der Waals surface area contributed by atoms with E-state index in [1.807, 2.05) is 72.9 Å². The second kappa shape index (κ2) is 20.2. The predicted octanol–water partition coefficient (Wildman–Crippen LogP) is 18.8. The van der Waals surface area contributed by atoms with E-state index in [2.05, 4.69) is 210 Å². The molecule has 0 heterocycles. The summed E-state index contributed by atoms with van der Waals surface area (Å²) in [5.41, 5.74) is 13.3. The summed E-state index contributed by atoms with van der Waals surface area (Å²) in [5, 5.41) is 1.40. The third-order valence-corrected chi connectivity index (χ3v) is 15.5. The number of halogens is 4. The number of rotatable bonds is 12. The molecule has 72 heavy (non-hydrogen) atoms. The van der Waals surface area contributed by atoms with Crippen molar-refractivity contribution in [2.24, 2.45) is 0 Å². The standard InChI is InChI=1S/C66H50Cl4N2/c67-54-29-19-43-64(69,46-54)71(56-31-15-5-16-32-56)58-39-35-48(36-40-58)60-45-61(49-21-7-1-8-22-49)66(52-27-13-4-14-28-52,63(51-25-11-3-12-26-51)62(60)50-23-9-2-10-24-50)53-37-41-59(42-38-53)72(57-33-17-6-18-34-57)65(70)44-20-30-55(68)47-65/h1-45,61H,46-47H2. The first-order chi connectivity index (χ1) is 35.2. The summed E-state index contributed by atoms with van der Waals surface area (Å²) in [6.45, 7) is 0. The van der Waals surface area contributed by atoms with Gasteiger partial charge in [0.1, 0.15) is 10.00 Å². The zero-order valence-corrected chi connectivity index (χ0v) is 42.4. The van der Waals surface area contributed by atoms with Crippen LogP contribution in [0.25, 0.3) is 16.7 Å². The monoisotopic (exact) mass is 1010 g/mol. The highest BCUT2D eigenvalue weighted by atomic mass is 35.5. The fraction of sp³-hybridized carbons (Fsp3) is 0.0909. The van der Waals surface area contributed by atoms with Crippen LogP contribution in [0.4, 0.5) is 22.7 Å². The minimum Gasteiger partial charge on any atom is -0.318 e. The maximum absolute atomic E-state index is 7.67. The first-order valence-corrected chi connectivity index (χ1v) is 25.8. The van der Waals surface area contributed by atoms with Crippen LogP contribution < -0.4 is 9.80 Å². The lowest BCUT2D eigenvalue weighted by Crippen LogP contribution is -2.41. The van der Waals surface area contributed by atoms with Crippen molar-refractivity contribution in [1.29, 1.82) is 0 Å². The fourth-order valence-corrected chi connectivity index (χ4v) is 12.6. The fourth-order valence-electron chi connectivity index (χ4n) is 11.1. The molecule has 4 atom stereocenters. The summed E-state index contributed by atoms with van der Waals surface area (Å²) in [7, 11) is 0. The van der Waals surface area contributed by atoms with Crippen molar-refractivity contribution in [3.05, 3.63) is 316 Å². The Kier molecular flexibility index (Phi) is 13.3. The van der Waals surface area contributed by atoms with E-state index in [1.54, 1.807) is 0 Å². The smallest absolute Gasteiger partial charge is 0.143 e. The molecule has 8 aromatic carbocycles. The van der Waals surface area contributed by atoms with Gasteiger partial charge in [-0.25, -0.2) is 0 Å². The molecule has 2 nitrogen and oxygen atoms in total. The van der Waals surface area contributed by atoms with Crippen LogP contribution in [0.15, 0.2) is 283 Å². The predicted molar refractivity (Wildman–Crippen MR) is 307 cm³/mol. The van der Waals surface area contributed by atoms with Crippen LogP contribution in [0.5, 0.6) is 0 Å². The lowest BCUT2D eigenvalue weighted by Gasteiger charge is -2.48. The average Bonchev–Trinajstić information content (AvgIpc) is 3.42. The molecule has 4 unspecified atom stereocenters. The Hall–Kier alpha value is -7.04. The molecule has 0 aliphatic heterocycles. The molecular formula is C66H50Cl4N2. The van der Waals surface area contributed by atoms with E-state index in [9.17, 15) is 0 Å². The van der Waals surface area contributed by atoms with Crippen molar-refractivity contribution in [2.75, 3.05) is 9.80 Å². The molecule has 0 radical (unpaired) electrons. The molecule has 352 valence electrons. The summed E-state index contributed by atoms with van der Waals surface area (Å²) >= 11 is 28.8. The SMILES string of the molecule is ClC1=CC=CC(Cl)(N(c2ccccc2)c2ccc(C3=CC(c4ccccc4)C(c4ccccc4)(c4ccc(N(c5ccccc5)C5(Cl)C=CC=C(Cl)C5)cc4)C(c4ccccc4)=C3c3ccccc3)cc2)C1. The maximum atomic E-state index is 7.67. The third-order valence-electron chi connectivity index (χ3n) is 14.1. The van der Waals surface area contributed by atoms with E-state index >= 15 is 0 Å². The number of benzene rings is 8. The zero-order chi connectivity index (χ0) is 49.1. The Morgan fingerprint density at radius 3 is 1.25 bits per heavy atom. The molecular weight excluding hydrogens is 963 g/mol. The Morgan fingerprint density at radius 1 is 0.389 bits per heavy atom. The van der Waals surface area contributed by atoms with Crippen molar-refractivity contribution in [2.45, 2.75) is 34.2 Å². The summed E-state index contributed by atoms with van der Waals surface area (Å²) in [6, 6.07) is 82.5. The van der Waals surface area contributed by atoms with Gasteiger partial charge in [-0.1, -0.05) is 247 Å². The van der Waals surface area contributed by atoms with E-state index in [0.717, 1.165) is 56.1 Å². The minimum atomic E-state index is -0.939. The van der Waals surface area contributed by atoms with Gasteiger partial charge in [-0.2, -0.15) is 0 Å². The molecule has 11 rings (SSSR count). The average molecular weight is 1010 g/mol. The number of anilines is 4. The van der Waals surface area contributed by atoms with Gasteiger partial charge in [0, 0.05) is 51.6 Å². The second-order valence-corrected chi connectivity index (χ2v) is 20.8. The van der Waals surface area contributed by atoms with Gasteiger partial charge in [0.25, 0.3) is 0 Å². The largest absolute Gasteiger partial charge is 0.318 e. The van der Waals surface area contributed by atoms with Crippen LogP contribution in [-0.2, 0) is 5.41 Å². The zero-order valence-electron chi connectivity index (χ0n) is 39.4. The summed E-state index contributed by atoms with van der Waals surface area (Å²) < 4.78 is 0. The van der Waals surface area contributed by atoms with Crippen molar-refractivity contribution in [1.82, 2.24) is 0 Å². The number of hydrogen-bond acceptors (Lipinski definition) is 2. The normalized spacial score (nSPS) is 21.6. The topological polar surface area (TPSA) is 6.48 Å². The van der Waals surface area contributed by atoms with Crippen LogP contribution in [0.1, 0.15) is 52.1 Å². The van der Waals surface area contributed by atoms with Crippen LogP contribution in [0, 0.1) is 0 Å². The van der Waals surface area contributed by atoms with E-state index < -0.39 is 15.4 Å². The van der Waals surface area contributed by atoms with Gasteiger partial charge in [0.15, 0.2) is 0 Å². The Morgan fingerprint density at radius 2 is 0.778 bits per heavy atom. The van der Waals surface area contributed by atoms with E-state index in [-0.39, 0.29) is 5.92 Å². The van der Waals surface area contributed by atoms with Gasteiger partial charge < -0.3 is 9.80 Å². The molecule has 6 heteroatoms. The molecule has 0 amide bonds. The summed E-state index contributed by atoms with van der Waals surface area (Å²) in [6.07, 6.45) is 15.2. The molecule has 8 aromatic rings. The quantitative estimate of drug-likeness (QED) is 0.0889. The van der Waals surface area contributed by atoms with E-state index in [0.29, 0.717) is 22.9 Å². The van der Waals surface area contributed by atoms with Crippen molar-refractivity contribution in [3.63, 3.8) is 0 Å². The number of para-hydroxylation sites is 2. The molecule has 0 saturated heterocycles. The van der Waals surface area contributed by atoms with Crippen LogP contribution >= 0.6 is 46.4 Å². The van der Waals surface area contributed by atoms with Gasteiger partial charge in [-0.15, -0.1) is 0 Å². The van der Waals surface area contributed by atoms with Crippen molar-refractivity contribution >= 4 is 85.9 Å². The lowest BCUT2D eigenvalue weighted by atomic mass is 9.54. The van der Waals surface area contributed by atoms with Crippen molar-refractivity contribution < 1.29 is 0 Å². The lowest BCUT2D eigenvalue weighted by molar-refractivity contribution is 0.586. The first-order valence-electron chi connectivity index (χ1n) is 24.3. The van der Waals surface area contributed by atoms with Gasteiger partial charge >= 0.3 is 0 Å². The van der Waals surface area contributed by atoms with Crippen LogP contribution in [0.3, 0.4) is 0 Å². The van der Waals surface area contributed by atoms with Crippen LogP contribution in [0.2, 0.25) is 0 Å². The number of nitrogens with zero attached hydrogens (tertiary/aromatic N) is 2. The highest BCUT2D eigenvalue weighted by Gasteiger charge is 2.50. The van der Waals surface area contributed by atoms with Gasteiger partial charge in [-0.3, -0.25) is 0 Å². The highest BCUT2D eigenvalue weighted by Crippen LogP contribution is 2.62. The Balaban J connectivity index is 1.17. The first kappa shape index (κ1) is 47.3. The van der Waals surface area contributed by atoms with Gasteiger partial charge in [-0.05, 0) is 123 Å².